The first-order valence-corrected chi connectivity index (χ1v) is 10.1. The summed E-state index contributed by atoms with van der Waals surface area (Å²) in [4.78, 5) is 0.180. The van der Waals surface area contributed by atoms with Crippen molar-refractivity contribution in [3.63, 3.8) is 0 Å². The molecule has 0 amide bonds. The van der Waals surface area contributed by atoms with Crippen LogP contribution in [-0.2, 0) is 10.0 Å². The molecule has 6 heteroatoms. The summed E-state index contributed by atoms with van der Waals surface area (Å²) in [6.07, 6.45) is 0. The Labute approximate surface area is 159 Å². The van der Waals surface area contributed by atoms with Gasteiger partial charge < -0.3 is 10.5 Å². The maximum atomic E-state index is 12.2. The van der Waals surface area contributed by atoms with Gasteiger partial charge in [-0.2, -0.15) is 0 Å². The van der Waals surface area contributed by atoms with E-state index in [4.69, 9.17) is 10.5 Å². The van der Waals surface area contributed by atoms with Crippen molar-refractivity contribution in [2.24, 2.45) is 0 Å². The maximum absolute atomic E-state index is 12.2. The van der Waals surface area contributed by atoms with Crippen molar-refractivity contribution >= 4 is 15.7 Å². The van der Waals surface area contributed by atoms with E-state index in [9.17, 15) is 8.42 Å². The van der Waals surface area contributed by atoms with Gasteiger partial charge in [-0.1, -0.05) is 42.0 Å². The molecular formula is C21H22N2O3S. The number of rotatable bonds is 7. The minimum Gasteiger partial charge on any atom is -0.492 e. The molecule has 27 heavy (non-hydrogen) atoms. The number of anilines is 1. The number of sulfonamides is 1. The van der Waals surface area contributed by atoms with E-state index < -0.39 is 10.0 Å². The molecule has 0 atom stereocenters. The third-order valence-corrected chi connectivity index (χ3v) is 5.57. The van der Waals surface area contributed by atoms with Crippen molar-refractivity contribution < 1.29 is 13.2 Å². The second-order valence-electron chi connectivity index (χ2n) is 6.21. The van der Waals surface area contributed by atoms with Crippen LogP contribution in [0.5, 0.6) is 5.75 Å². The summed E-state index contributed by atoms with van der Waals surface area (Å²) in [5.74, 6) is 0.692. The molecule has 3 N–H and O–H groups in total. The summed E-state index contributed by atoms with van der Waals surface area (Å²) in [6.45, 7) is 2.46. The zero-order valence-electron chi connectivity index (χ0n) is 15.1. The van der Waals surface area contributed by atoms with Gasteiger partial charge in [0.05, 0.1) is 4.90 Å². The first-order valence-electron chi connectivity index (χ1n) is 8.59. The highest BCUT2D eigenvalue weighted by atomic mass is 32.2. The number of nitrogens with two attached hydrogens (primary N) is 1. The highest BCUT2D eigenvalue weighted by Crippen LogP contribution is 2.22. The normalized spacial score (nSPS) is 11.3. The van der Waals surface area contributed by atoms with Crippen LogP contribution in [0.4, 0.5) is 5.69 Å². The third kappa shape index (κ3) is 5.09. The van der Waals surface area contributed by atoms with E-state index in [1.165, 1.54) is 17.7 Å². The minimum atomic E-state index is -3.56. The minimum absolute atomic E-state index is 0.173. The lowest BCUT2D eigenvalue weighted by molar-refractivity contribution is 0.323. The van der Waals surface area contributed by atoms with Crippen LogP contribution < -0.4 is 15.2 Å². The largest absolute Gasteiger partial charge is 0.492 e. The van der Waals surface area contributed by atoms with E-state index in [1.54, 1.807) is 12.1 Å². The van der Waals surface area contributed by atoms with Crippen molar-refractivity contribution in [1.29, 1.82) is 0 Å². The average Bonchev–Trinajstić information content (AvgIpc) is 2.67. The molecular weight excluding hydrogens is 360 g/mol. The number of ether oxygens (including phenoxy) is 1. The molecule has 0 heterocycles. The number of hydrogen-bond donors (Lipinski definition) is 2. The van der Waals surface area contributed by atoms with Gasteiger partial charge in [-0.15, -0.1) is 0 Å². The Hall–Kier alpha value is -2.83. The summed E-state index contributed by atoms with van der Waals surface area (Å²) >= 11 is 0. The van der Waals surface area contributed by atoms with Gasteiger partial charge in [0, 0.05) is 12.2 Å². The number of hydrogen-bond acceptors (Lipinski definition) is 4. The maximum Gasteiger partial charge on any atom is 0.240 e. The summed E-state index contributed by atoms with van der Waals surface area (Å²) < 4.78 is 32.5. The van der Waals surface area contributed by atoms with Crippen molar-refractivity contribution in [2.75, 3.05) is 18.9 Å². The van der Waals surface area contributed by atoms with Crippen LogP contribution in [0.15, 0.2) is 77.7 Å². The number of nitrogens with one attached hydrogen (secondary N) is 1. The highest BCUT2D eigenvalue weighted by Gasteiger charge is 2.12. The molecule has 0 saturated heterocycles. The monoisotopic (exact) mass is 382 g/mol. The van der Waals surface area contributed by atoms with Crippen molar-refractivity contribution in [2.45, 2.75) is 11.8 Å². The van der Waals surface area contributed by atoms with Gasteiger partial charge in [0.1, 0.15) is 12.4 Å². The SMILES string of the molecule is Cc1ccc(-c2ccc(OCCNS(=O)(=O)c3ccc(N)cc3)cc2)cc1. The highest BCUT2D eigenvalue weighted by molar-refractivity contribution is 7.89. The van der Waals surface area contributed by atoms with Crippen LogP contribution in [0.2, 0.25) is 0 Å². The lowest BCUT2D eigenvalue weighted by atomic mass is 10.0. The van der Waals surface area contributed by atoms with Crippen molar-refractivity contribution in [1.82, 2.24) is 4.72 Å². The Morgan fingerprint density at radius 2 is 1.41 bits per heavy atom. The van der Waals surface area contributed by atoms with Gasteiger partial charge in [-0.05, 0) is 54.4 Å². The number of benzene rings is 3. The van der Waals surface area contributed by atoms with E-state index in [1.807, 2.05) is 24.3 Å². The first-order chi connectivity index (χ1) is 12.9. The molecule has 0 fully saturated rings. The molecule has 3 aromatic rings. The van der Waals surface area contributed by atoms with E-state index in [2.05, 4.69) is 35.9 Å². The van der Waals surface area contributed by atoms with Crippen molar-refractivity contribution in [3.05, 3.63) is 78.4 Å². The number of nitrogen functional groups attached to an aromatic ring is 1. The van der Waals surface area contributed by atoms with Gasteiger partial charge in [-0.25, -0.2) is 13.1 Å². The number of aryl methyl sites for hydroxylation is 1. The molecule has 0 aliphatic heterocycles. The molecule has 5 nitrogen and oxygen atoms in total. The molecule has 3 aromatic carbocycles. The fourth-order valence-electron chi connectivity index (χ4n) is 2.56. The lowest BCUT2D eigenvalue weighted by Gasteiger charge is -2.09. The van der Waals surface area contributed by atoms with Crippen LogP contribution in [0.25, 0.3) is 11.1 Å². The second-order valence-corrected chi connectivity index (χ2v) is 7.97. The van der Waals surface area contributed by atoms with Gasteiger partial charge in [0.25, 0.3) is 0 Å². The smallest absolute Gasteiger partial charge is 0.240 e. The fraction of sp³-hybridized carbons (Fsp3) is 0.143. The molecule has 3 rings (SSSR count). The molecule has 0 bridgehead atoms. The molecule has 0 unspecified atom stereocenters. The predicted octanol–water partition coefficient (Wildman–Crippen LogP) is 3.60. The zero-order chi connectivity index (χ0) is 19.3. The fourth-order valence-corrected chi connectivity index (χ4v) is 3.58. The predicted molar refractivity (Wildman–Crippen MR) is 108 cm³/mol. The van der Waals surface area contributed by atoms with Crippen molar-refractivity contribution in [3.8, 4) is 16.9 Å². The molecule has 0 aliphatic carbocycles. The van der Waals surface area contributed by atoms with Gasteiger partial charge in [0.2, 0.25) is 10.0 Å². The molecule has 0 radical (unpaired) electrons. The molecule has 140 valence electrons. The topological polar surface area (TPSA) is 81.4 Å². The summed E-state index contributed by atoms with van der Waals surface area (Å²) in [7, 11) is -3.56. The Morgan fingerprint density at radius 3 is 2.00 bits per heavy atom. The van der Waals surface area contributed by atoms with Crippen LogP contribution in [0.1, 0.15) is 5.56 Å². The standard InChI is InChI=1S/C21H22N2O3S/c1-16-2-4-17(5-3-16)18-6-10-20(11-7-18)26-15-14-23-27(24,25)21-12-8-19(22)9-13-21/h2-13,23H,14-15,22H2,1H3. The van der Waals surface area contributed by atoms with Gasteiger partial charge in [-0.3, -0.25) is 0 Å². The first kappa shape index (κ1) is 18.9. The Morgan fingerprint density at radius 1 is 0.852 bits per heavy atom. The van der Waals surface area contributed by atoms with E-state index in [-0.39, 0.29) is 18.0 Å². The molecule has 0 aliphatic rings. The second kappa shape index (κ2) is 8.24. The van der Waals surface area contributed by atoms with Crippen LogP contribution in [0, 0.1) is 6.92 Å². The third-order valence-electron chi connectivity index (χ3n) is 4.09. The summed E-state index contributed by atoms with van der Waals surface area (Å²) in [5.41, 5.74) is 9.56. The molecule has 0 saturated carbocycles. The van der Waals surface area contributed by atoms with Gasteiger partial charge >= 0.3 is 0 Å². The Kier molecular flexibility index (Phi) is 5.78. The Balaban J connectivity index is 1.52. The van der Waals surface area contributed by atoms with E-state index >= 15 is 0 Å². The summed E-state index contributed by atoms with van der Waals surface area (Å²) in [5, 5.41) is 0. The van der Waals surface area contributed by atoms with Crippen LogP contribution >= 0.6 is 0 Å². The quantitative estimate of drug-likeness (QED) is 0.483. The van der Waals surface area contributed by atoms with E-state index in [0.29, 0.717) is 11.4 Å². The van der Waals surface area contributed by atoms with E-state index in [0.717, 1.165) is 11.1 Å². The molecule has 0 spiro atoms. The molecule has 0 aromatic heterocycles. The van der Waals surface area contributed by atoms with Gasteiger partial charge in [0.15, 0.2) is 0 Å². The Bertz CT molecular complexity index is 981. The zero-order valence-corrected chi connectivity index (χ0v) is 15.9. The van der Waals surface area contributed by atoms with Crippen LogP contribution in [0.3, 0.4) is 0 Å². The lowest BCUT2D eigenvalue weighted by Crippen LogP contribution is -2.28. The average molecular weight is 382 g/mol. The summed E-state index contributed by atoms with van der Waals surface area (Å²) in [6, 6.07) is 22.1. The van der Waals surface area contributed by atoms with Crippen LogP contribution in [-0.4, -0.2) is 21.6 Å².